The third kappa shape index (κ3) is 5.46. The molecule has 7 nitrogen and oxygen atoms in total. The van der Waals surface area contributed by atoms with E-state index in [4.69, 9.17) is 9.47 Å². The maximum Gasteiger partial charge on any atom is 0.407 e. The summed E-state index contributed by atoms with van der Waals surface area (Å²) in [6.07, 6.45) is 5.69. The number of ether oxygens (including phenoxy) is 2. The molecule has 2 aromatic heterocycles. The molecule has 0 aliphatic heterocycles. The molecule has 1 fully saturated rings. The van der Waals surface area contributed by atoms with Crippen LogP contribution in [0.2, 0.25) is 0 Å². The van der Waals surface area contributed by atoms with E-state index in [0.717, 1.165) is 35.6 Å². The van der Waals surface area contributed by atoms with Gasteiger partial charge in [-0.25, -0.2) is 4.79 Å². The number of hydrogen-bond donors (Lipinski definition) is 1. The van der Waals surface area contributed by atoms with Crippen molar-refractivity contribution in [1.29, 1.82) is 0 Å². The Balaban J connectivity index is 1.60. The molecule has 1 N–H and O–H groups in total. The van der Waals surface area contributed by atoms with Gasteiger partial charge in [-0.1, -0.05) is 13.8 Å². The lowest BCUT2D eigenvalue weighted by Gasteiger charge is -2.25. The van der Waals surface area contributed by atoms with Gasteiger partial charge in [0, 0.05) is 29.9 Å². The lowest BCUT2D eigenvalue weighted by atomic mass is 10.0. The molecule has 0 unspecified atom stereocenters. The van der Waals surface area contributed by atoms with Crippen LogP contribution in [-0.4, -0.2) is 33.9 Å². The number of fused-ring (bicyclic) bond motifs is 3. The molecule has 1 aliphatic carbocycles. The lowest BCUT2D eigenvalue weighted by Crippen LogP contribution is -2.42. The molecular formula is C26H33N3O4. The van der Waals surface area contributed by atoms with Crippen molar-refractivity contribution in [3.8, 4) is 5.75 Å². The first-order valence-corrected chi connectivity index (χ1v) is 11.7. The van der Waals surface area contributed by atoms with Gasteiger partial charge < -0.3 is 19.4 Å². The standard InChI is InChI=1S/C26H33N3O4/c1-16(2)12-17(28-25(31)33-26(3,4)5)15-32-19-8-9-21-20-10-11-27-14-22(20)24(30)29(18-6-7-18)23(21)13-19/h8-11,13-14,16-18H,6-7,12,15H2,1-5H3,(H,28,31)/t17-/m0/s1. The Labute approximate surface area is 194 Å². The summed E-state index contributed by atoms with van der Waals surface area (Å²) in [4.78, 5) is 29.6. The second-order valence-electron chi connectivity index (χ2n) is 10.3. The van der Waals surface area contributed by atoms with Crippen LogP contribution in [0.25, 0.3) is 21.7 Å². The van der Waals surface area contributed by atoms with E-state index < -0.39 is 11.7 Å². The van der Waals surface area contributed by atoms with Gasteiger partial charge in [0.25, 0.3) is 5.56 Å². The molecule has 4 rings (SSSR count). The van der Waals surface area contributed by atoms with Crippen LogP contribution in [0.4, 0.5) is 4.79 Å². The average molecular weight is 452 g/mol. The number of nitrogens with one attached hydrogen (secondary N) is 1. The topological polar surface area (TPSA) is 82.5 Å². The number of hydrogen-bond acceptors (Lipinski definition) is 5. The summed E-state index contributed by atoms with van der Waals surface area (Å²) in [6, 6.07) is 7.79. The number of amides is 1. The number of nitrogens with zero attached hydrogens (tertiary/aromatic N) is 2. The summed E-state index contributed by atoms with van der Waals surface area (Å²) in [7, 11) is 0. The van der Waals surface area contributed by atoms with Crippen molar-refractivity contribution in [3.05, 3.63) is 47.0 Å². The number of aromatic nitrogens is 2. The highest BCUT2D eigenvalue weighted by atomic mass is 16.6. The number of rotatable bonds is 7. The third-order valence-electron chi connectivity index (χ3n) is 5.63. The van der Waals surface area contributed by atoms with Crippen LogP contribution in [0, 0.1) is 5.92 Å². The zero-order valence-electron chi connectivity index (χ0n) is 20.1. The second-order valence-corrected chi connectivity index (χ2v) is 10.3. The monoisotopic (exact) mass is 451 g/mol. The Bertz CT molecular complexity index is 1220. The molecule has 1 saturated carbocycles. The molecular weight excluding hydrogens is 418 g/mol. The predicted molar refractivity (Wildman–Crippen MR) is 130 cm³/mol. The summed E-state index contributed by atoms with van der Waals surface area (Å²) in [5.41, 5.74) is 0.310. The van der Waals surface area contributed by atoms with E-state index >= 15 is 0 Å². The first kappa shape index (κ1) is 23.1. The van der Waals surface area contributed by atoms with Gasteiger partial charge in [0.15, 0.2) is 0 Å². The minimum Gasteiger partial charge on any atom is -0.491 e. The van der Waals surface area contributed by atoms with Crippen LogP contribution in [-0.2, 0) is 4.74 Å². The Morgan fingerprint density at radius 1 is 1.18 bits per heavy atom. The molecule has 1 aromatic carbocycles. The Morgan fingerprint density at radius 3 is 2.61 bits per heavy atom. The first-order valence-electron chi connectivity index (χ1n) is 11.7. The maximum atomic E-state index is 13.2. The molecule has 2 heterocycles. The third-order valence-corrected chi connectivity index (χ3v) is 5.63. The second kappa shape index (κ2) is 9.04. The molecule has 0 bridgehead atoms. The van der Waals surface area contributed by atoms with Crippen molar-refractivity contribution in [2.24, 2.45) is 5.92 Å². The molecule has 1 aliphatic rings. The van der Waals surface area contributed by atoms with Gasteiger partial charge in [-0.3, -0.25) is 9.78 Å². The minimum absolute atomic E-state index is 0.00507. The van der Waals surface area contributed by atoms with Gasteiger partial charge in [-0.05, 0) is 69.5 Å². The van der Waals surface area contributed by atoms with Crippen molar-refractivity contribution >= 4 is 27.8 Å². The van der Waals surface area contributed by atoms with Crippen molar-refractivity contribution in [2.75, 3.05) is 6.61 Å². The molecule has 33 heavy (non-hydrogen) atoms. The highest BCUT2D eigenvalue weighted by molar-refractivity contribution is 6.05. The van der Waals surface area contributed by atoms with E-state index in [1.165, 1.54) is 0 Å². The van der Waals surface area contributed by atoms with Gasteiger partial charge in [-0.2, -0.15) is 0 Å². The van der Waals surface area contributed by atoms with Gasteiger partial charge in [0.1, 0.15) is 18.0 Å². The van der Waals surface area contributed by atoms with E-state index in [1.807, 2.05) is 49.6 Å². The predicted octanol–water partition coefficient (Wildman–Crippen LogP) is 5.20. The summed E-state index contributed by atoms with van der Waals surface area (Å²) in [5.74, 6) is 1.05. The molecule has 1 atom stereocenters. The van der Waals surface area contributed by atoms with Crippen LogP contribution in [0.3, 0.4) is 0 Å². The van der Waals surface area contributed by atoms with E-state index in [9.17, 15) is 9.59 Å². The molecule has 0 radical (unpaired) electrons. The molecule has 0 saturated heterocycles. The average Bonchev–Trinajstić information content (AvgIpc) is 3.55. The molecule has 0 spiro atoms. The Morgan fingerprint density at radius 2 is 1.94 bits per heavy atom. The zero-order chi connectivity index (χ0) is 23.8. The normalized spacial score (nSPS) is 15.1. The molecule has 7 heteroatoms. The van der Waals surface area contributed by atoms with Crippen molar-refractivity contribution in [2.45, 2.75) is 71.6 Å². The van der Waals surface area contributed by atoms with Crippen LogP contribution in [0.15, 0.2) is 41.5 Å². The van der Waals surface area contributed by atoms with E-state index in [2.05, 4.69) is 24.1 Å². The van der Waals surface area contributed by atoms with Crippen molar-refractivity contribution < 1.29 is 14.3 Å². The number of carbonyl (C=O) groups is 1. The highest BCUT2D eigenvalue weighted by Gasteiger charge is 2.28. The van der Waals surface area contributed by atoms with E-state index in [0.29, 0.717) is 23.7 Å². The lowest BCUT2D eigenvalue weighted by molar-refractivity contribution is 0.0480. The smallest absolute Gasteiger partial charge is 0.407 e. The van der Waals surface area contributed by atoms with Gasteiger partial charge >= 0.3 is 6.09 Å². The quantitative estimate of drug-likeness (QED) is 0.499. The molecule has 1 amide bonds. The van der Waals surface area contributed by atoms with Crippen LogP contribution in [0.1, 0.15) is 59.9 Å². The van der Waals surface area contributed by atoms with Crippen LogP contribution >= 0.6 is 0 Å². The SMILES string of the molecule is CC(C)C[C@@H](COc1ccc2c3ccncc3c(=O)n(C3CC3)c2c1)NC(=O)OC(C)(C)C. The number of benzene rings is 1. The number of alkyl carbamates (subject to hydrolysis) is 1. The van der Waals surface area contributed by atoms with Gasteiger partial charge in [0.2, 0.25) is 0 Å². The zero-order valence-corrected chi connectivity index (χ0v) is 20.1. The summed E-state index contributed by atoms with van der Waals surface area (Å²) >= 11 is 0. The fourth-order valence-electron chi connectivity index (χ4n) is 4.17. The minimum atomic E-state index is -0.559. The van der Waals surface area contributed by atoms with Crippen molar-refractivity contribution in [1.82, 2.24) is 14.9 Å². The fraction of sp³-hybridized carbons (Fsp3) is 0.500. The Kier molecular flexibility index (Phi) is 6.32. The summed E-state index contributed by atoms with van der Waals surface area (Å²) in [5, 5.41) is 5.49. The van der Waals surface area contributed by atoms with Gasteiger partial charge in [-0.15, -0.1) is 0 Å². The summed E-state index contributed by atoms with van der Waals surface area (Å²) < 4.78 is 13.4. The van der Waals surface area contributed by atoms with Crippen LogP contribution in [0.5, 0.6) is 5.75 Å². The fourth-order valence-corrected chi connectivity index (χ4v) is 4.17. The number of carbonyl (C=O) groups excluding carboxylic acids is 1. The molecule has 176 valence electrons. The number of pyridine rings is 2. The van der Waals surface area contributed by atoms with Gasteiger partial charge in [0.05, 0.1) is 16.9 Å². The summed E-state index contributed by atoms with van der Waals surface area (Å²) in [6.45, 7) is 10.1. The van der Waals surface area contributed by atoms with Crippen molar-refractivity contribution in [3.63, 3.8) is 0 Å². The maximum absolute atomic E-state index is 13.2. The van der Waals surface area contributed by atoms with E-state index in [1.54, 1.807) is 12.4 Å². The Hall–Kier alpha value is -3.09. The van der Waals surface area contributed by atoms with Crippen LogP contribution < -0.4 is 15.6 Å². The highest BCUT2D eigenvalue weighted by Crippen LogP contribution is 2.38. The largest absolute Gasteiger partial charge is 0.491 e. The molecule has 3 aromatic rings. The first-order chi connectivity index (χ1) is 15.6. The van der Waals surface area contributed by atoms with E-state index in [-0.39, 0.29) is 17.6 Å².